The molecule has 0 saturated heterocycles. The number of methoxy groups -OCH3 is 1. The molecule has 110 valence electrons. The Kier molecular flexibility index (Phi) is 5.81. The molecule has 1 aromatic rings. The van der Waals surface area contributed by atoms with Gasteiger partial charge in [-0.05, 0) is 37.5 Å². The molecule has 3 nitrogen and oxygen atoms in total. The molecule has 0 aliphatic rings. The molecule has 0 radical (unpaired) electrons. The second kappa shape index (κ2) is 7.13. The van der Waals surface area contributed by atoms with Gasteiger partial charge >= 0.3 is 0 Å². The van der Waals surface area contributed by atoms with Gasteiger partial charge in [-0.15, -0.1) is 0 Å². The van der Waals surface area contributed by atoms with Crippen LogP contribution in [0.2, 0.25) is 0 Å². The molecular weight excluding hydrogens is 250 g/mol. The maximum atomic E-state index is 5.51. The second-order valence-electron chi connectivity index (χ2n) is 6.06. The van der Waals surface area contributed by atoms with Gasteiger partial charge in [0, 0.05) is 11.8 Å². The predicted octanol–water partition coefficient (Wildman–Crippen LogP) is 4.35. The highest BCUT2D eigenvalue weighted by Gasteiger charge is 2.09. The van der Waals surface area contributed by atoms with Crippen LogP contribution in [0.15, 0.2) is 35.7 Å². The van der Waals surface area contributed by atoms with E-state index >= 15 is 0 Å². The molecule has 0 amide bonds. The molecular formula is C17H25NO2. The molecule has 3 heteroatoms. The van der Waals surface area contributed by atoms with Gasteiger partial charge in [-0.3, -0.25) is 0 Å². The van der Waals surface area contributed by atoms with Crippen molar-refractivity contribution in [3.05, 3.63) is 41.8 Å². The summed E-state index contributed by atoms with van der Waals surface area (Å²) in [6.45, 7) is 13.0. The van der Waals surface area contributed by atoms with Crippen molar-refractivity contribution in [3.8, 4) is 5.75 Å². The van der Waals surface area contributed by atoms with Crippen molar-refractivity contribution in [2.45, 2.75) is 34.1 Å². The zero-order chi connectivity index (χ0) is 15.2. The SMILES string of the molecule is C=C(/N=C/c1cc(C)ccc1OC)OCCC(C)(C)C. The zero-order valence-electron chi connectivity index (χ0n) is 13.2. The van der Waals surface area contributed by atoms with Crippen LogP contribution in [0.4, 0.5) is 0 Å². The smallest absolute Gasteiger partial charge is 0.205 e. The van der Waals surface area contributed by atoms with Crippen LogP contribution in [-0.4, -0.2) is 19.9 Å². The fourth-order valence-corrected chi connectivity index (χ4v) is 1.61. The van der Waals surface area contributed by atoms with E-state index < -0.39 is 0 Å². The summed E-state index contributed by atoms with van der Waals surface area (Å²) in [5.74, 6) is 1.22. The van der Waals surface area contributed by atoms with Crippen LogP contribution in [0.3, 0.4) is 0 Å². The average molecular weight is 275 g/mol. The topological polar surface area (TPSA) is 30.8 Å². The summed E-state index contributed by atoms with van der Waals surface area (Å²) in [5.41, 5.74) is 2.34. The number of rotatable bonds is 6. The summed E-state index contributed by atoms with van der Waals surface area (Å²) in [6, 6.07) is 5.95. The monoisotopic (exact) mass is 275 g/mol. The van der Waals surface area contributed by atoms with Crippen LogP contribution >= 0.6 is 0 Å². The highest BCUT2D eigenvalue weighted by atomic mass is 16.5. The molecule has 0 aliphatic heterocycles. The molecule has 0 heterocycles. The largest absolute Gasteiger partial charge is 0.496 e. The number of hydrogen-bond acceptors (Lipinski definition) is 3. The summed E-state index contributed by atoms with van der Waals surface area (Å²) in [6.07, 6.45) is 2.70. The maximum Gasteiger partial charge on any atom is 0.205 e. The van der Waals surface area contributed by atoms with Gasteiger partial charge in [0.05, 0.1) is 13.7 Å². The van der Waals surface area contributed by atoms with Crippen molar-refractivity contribution in [3.63, 3.8) is 0 Å². The van der Waals surface area contributed by atoms with Crippen molar-refractivity contribution < 1.29 is 9.47 Å². The molecule has 1 aromatic carbocycles. The Balaban J connectivity index is 2.59. The van der Waals surface area contributed by atoms with E-state index in [4.69, 9.17) is 9.47 Å². The third kappa shape index (κ3) is 5.91. The minimum absolute atomic E-state index is 0.254. The molecule has 20 heavy (non-hydrogen) atoms. The molecule has 0 fully saturated rings. The summed E-state index contributed by atoms with van der Waals surface area (Å²) in [4.78, 5) is 4.24. The summed E-state index contributed by atoms with van der Waals surface area (Å²) >= 11 is 0. The van der Waals surface area contributed by atoms with Gasteiger partial charge in [0.25, 0.3) is 0 Å². The van der Waals surface area contributed by atoms with Crippen LogP contribution in [0.5, 0.6) is 5.75 Å². The summed E-state index contributed by atoms with van der Waals surface area (Å²) in [7, 11) is 1.65. The third-order valence-corrected chi connectivity index (χ3v) is 2.85. The molecule has 0 bridgehead atoms. The highest BCUT2D eigenvalue weighted by Crippen LogP contribution is 2.20. The fraction of sp³-hybridized carbons (Fsp3) is 0.471. The number of benzene rings is 1. The van der Waals surface area contributed by atoms with E-state index in [0.717, 1.165) is 23.3 Å². The van der Waals surface area contributed by atoms with E-state index in [1.807, 2.05) is 25.1 Å². The molecule has 0 spiro atoms. The first kappa shape index (κ1) is 16.3. The van der Waals surface area contributed by atoms with E-state index in [9.17, 15) is 0 Å². The normalized spacial score (nSPS) is 11.7. The maximum absolute atomic E-state index is 5.51. The van der Waals surface area contributed by atoms with E-state index in [2.05, 4.69) is 32.3 Å². The standard InChI is InChI=1S/C17H25NO2/c1-13-7-8-16(19-6)15(11-13)12-18-14(2)20-10-9-17(3,4)5/h7-8,11-12H,2,9-10H2,1,3-6H3/b18-12+. The number of aliphatic imine (C=N–C) groups is 1. The van der Waals surface area contributed by atoms with Crippen molar-refractivity contribution in [2.75, 3.05) is 13.7 Å². The Hall–Kier alpha value is -1.77. The van der Waals surface area contributed by atoms with E-state index in [1.165, 1.54) is 0 Å². The molecule has 0 unspecified atom stereocenters. The predicted molar refractivity (Wildman–Crippen MR) is 84.5 cm³/mol. The quantitative estimate of drug-likeness (QED) is 0.571. The second-order valence-corrected chi connectivity index (χ2v) is 6.06. The lowest BCUT2D eigenvalue weighted by molar-refractivity contribution is 0.170. The Morgan fingerprint density at radius 1 is 1.35 bits per heavy atom. The summed E-state index contributed by atoms with van der Waals surface area (Å²) in [5, 5.41) is 0. The molecule has 0 atom stereocenters. The molecule has 1 rings (SSSR count). The first-order valence-corrected chi connectivity index (χ1v) is 6.82. The van der Waals surface area contributed by atoms with E-state index in [0.29, 0.717) is 12.5 Å². The Morgan fingerprint density at radius 2 is 2.05 bits per heavy atom. The molecule has 0 aliphatic carbocycles. The van der Waals surface area contributed by atoms with E-state index in [-0.39, 0.29) is 5.41 Å². The van der Waals surface area contributed by atoms with E-state index in [1.54, 1.807) is 13.3 Å². The number of nitrogens with zero attached hydrogens (tertiary/aromatic N) is 1. The number of aryl methyl sites for hydroxylation is 1. The van der Waals surface area contributed by atoms with Crippen molar-refractivity contribution in [1.29, 1.82) is 0 Å². The number of hydrogen-bond donors (Lipinski definition) is 0. The Bertz CT molecular complexity index is 484. The van der Waals surface area contributed by atoms with Gasteiger partial charge in [-0.25, -0.2) is 4.99 Å². The van der Waals surface area contributed by atoms with Gasteiger partial charge in [0.15, 0.2) is 0 Å². The lowest BCUT2D eigenvalue weighted by Crippen LogP contribution is -2.09. The Morgan fingerprint density at radius 3 is 2.65 bits per heavy atom. The zero-order valence-corrected chi connectivity index (χ0v) is 13.2. The molecule has 0 aromatic heterocycles. The van der Waals surface area contributed by atoms with Crippen molar-refractivity contribution >= 4 is 6.21 Å². The molecule has 0 N–H and O–H groups in total. The molecule has 0 saturated carbocycles. The van der Waals surface area contributed by atoms with Crippen LogP contribution in [-0.2, 0) is 4.74 Å². The van der Waals surface area contributed by atoms with Crippen LogP contribution in [0.1, 0.15) is 38.3 Å². The fourth-order valence-electron chi connectivity index (χ4n) is 1.61. The van der Waals surface area contributed by atoms with Crippen LogP contribution in [0, 0.1) is 12.3 Å². The Labute approximate surface area is 122 Å². The van der Waals surface area contributed by atoms with Crippen molar-refractivity contribution in [1.82, 2.24) is 0 Å². The van der Waals surface area contributed by atoms with Gasteiger partial charge < -0.3 is 9.47 Å². The lowest BCUT2D eigenvalue weighted by Gasteiger charge is -2.17. The third-order valence-electron chi connectivity index (χ3n) is 2.85. The highest BCUT2D eigenvalue weighted by molar-refractivity contribution is 5.84. The van der Waals surface area contributed by atoms with Gasteiger partial charge in [0.1, 0.15) is 5.75 Å². The van der Waals surface area contributed by atoms with Gasteiger partial charge in [-0.2, -0.15) is 0 Å². The van der Waals surface area contributed by atoms with Gasteiger partial charge in [0.2, 0.25) is 5.88 Å². The van der Waals surface area contributed by atoms with Gasteiger partial charge in [-0.1, -0.05) is 32.4 Å². The first-order valence-electron chi connectivity index (χ1n) is 6.82. The minimum Gasteiger partial charge on any atom is -0.496 e. The minimum atomic E-state index is 0.254. The average Bonchev–Trinajstić information content (AvgIpc) is 2.35. The number of ether oxygens (including phenoxy) is 2. The van der Waals surface area contributed by atoms with Crippen LogP contribution in [0.25, 0.3) is 0 Å². The first-order chi connectivity index (χ1) is 9.31. The van der Waals surface area contributed by atoms with Crippen LogP contribution < -0.4 is 4.74 Å². The van der Waals surface area contributed by atoms with Crippen molar-refractivity contribution in [2.24, 2.45) is 10.4 Å². The lowest BCUT2D eigenvalue weighted by atomic mass is 9.93. The summed E-state index contributed by atoms with van der Waals surface area (Å²) < 4.78 is 10.8.